The molecule has 2 rings (SSSR count). The number of aliphatic hydroxyl groups is 1. The van der Waals surface area contributed by atoms with Gasteiger partial charge in [0.15, 0.2) is 0 Å². The highest BCUT2D eigenvalue weighted by Crippen LogP contribution is 2.25. The van der Waals surface area contributed by atoms with Crippen molar-refractivity contribution < 1.29 is 9.50 Å². The number of rotatable bonds is 3. The van der Waals surface area contributed by atoms with Gasteiger partial charge in [-0.2, -0.15) is 0 Å². The third-order valence-corrected chi connectivity index (χ3v) is 3.61. The quantitative estimate of drug-likeness (QED) is 0.899. The summed E-state index contributed by atoms with van der Waals surface area (Å²) in [7, 11) is 0. The lowest BCUT2D eigenvalue weighted by atomic mass is 10.00. The van der Waals surface area contributed by atoms with Crippen LogP contribution in [-0.4, -0.2) is 5.11 Å². The molecular weight excluding hydrogens is 295 g/mol. The summed E-state index contributed by atoms with van der Waals surface area (Å²) < 4.78 is 13.8. The van der Waals surface area contributed by atoms with Crippen LogP contribution in [0.5, 0.6) is 0 Å². The minimum Gasteiger partial charge on any atom is -0.384 e. The van der Waals surface area contributed by atoms with Crippen LogP contribution in [0, 0.1) is 5.82 Å². The van der Waals surface area contributed by atoms with Crippen molar-refractivity contribution >= 4 is 15.9 Å². The first kappa shape index (κ1) is 13.2. The zero-order valence-electron chi connectivity index (χ0n) is 10.0. The fourth-order valence-corrected chi connectivity index (χ4v) is 2.06. The number of hydrogen-bond donors (Lipinski definition) is 1. The molecule has 1 atom stereocenters. The summed E-state index contributed by atoms with van der Waals surface area (Å²) in [5.41, 5.74) is 2.54. The average Bonchev–Trinajstić information content (AvgIpc) is 2.41. The zero-order valence-corrected chi connectivity index (χ0v) is 11.6. The topological polar surface area (TPSA) is 20.2 Å². The molecule has 2 aromatic rings. The predicted molar refractivity (Wildman–Crippen MR) is 74.0 cm³/mol. The van der Waals surface area contributed by atoms with Crippen molar-refractivity contribution in [1.29, 1.82) is 0 Å². The molecule has 1 N–H and O–H groups in total. The van der Waals surface area contributed by atoms with E-state index >= 15 is 0 Å². The number of aliphatic hydroxyl groups excluding tert-OH is 1. The van der Waals surface area contributed by atoms with Crippen molar-refractivity contribution in [3.05, 3.63) is 69.4 Å². The second-order valence-electron chi connectivity index (χ2n) is 4.17. The molecule has 0 aliphatic heterocycles. The fourth-order valence-electron chi connectivity index (χ4n) is 1.81. The van der Waals surface area contributed by atoms with Crippen LogP contribution < -0.4 is 0 Å². The predicted octanol–water partition coefficient (Wildman–Crippen LogP) is 4.23. The van der Waals surface area contributed by atoms with Crippen molar-refractivity contribution in [3.63, 3.8) is 0 Å². The fraction of sp³-hybridized carbons (Fsp3) is 0.200. The van der Waals surface area contributed by atoms with Gasteiger partial charge in [-0.05, 0) is 51.2 Å². The van der Waals surface area contributed by atoms with E-state index in [9.17, 15) is 9.50 Å². The maximum absolute atomic E-state index is 13.4. The monoisotopic (exact) mass is 308 g/mol. The molecule has 0 fully saturated rings. The van der Waals surface area contributed by atoms with E-state index in [4.69, 9.17) is 0 Å². The van der Waals surface area contributed by atoms with E-state index in [0.717, 1.165) is 12.0 Å². The first-order valence-corrected chi connectivity index (χ1v) is 6.63. The second-order valence-corrected chi connectivity index (χ2v) is 5.03. The van der Waals surface area contributed by atoms with Gasteiger partial charge < -0.3 is 5.11 Å². The van der Waals surface area contributed by atoms with E-state index in [0.29, 0.717) is 10.0 Å². The molecule has 1 unspecified atom stereocenters. The van der Waals surface area contributed by atoms with Crippen LogP contribution in [0.3, 0.4) is 0 Å². The number of benzene rings is 2. The normalized spacial score (nSPS) is 12.4. The Bertz CT molecular complexity index is 537. The van der Waals surface area contributed by atoms with Gasteiger partial charge in [0.2, 0.25) is 0 Å². The van der Waals surface area contributed by atoms with Gasteiger partial charge in [-0.3, -0.25) is 0 Å². The molecule has 0 amide bonds. The van der Waals surface area contributed by atoms with Crippen molar-refractivity contribution in [3.8, 4) is 0 Å². The molecule has 3 heteroatoms. The second kappa shape index (κ2) is 5.63. The Morgan fingerprint density at radius 1 is 1.11 bits per heavy atom. The van der Waals surface area contributed by atoms with Crippen LogP contribution >= 0.6 is 15.9 Å². The summed E-state index contributed by atoms with van der Waals surface area (Å²) in [6, 6.07) is 12.4. The highest BCUT2D eigenvalue weighted by atomic mass is 79.9. The summed E-state index contributed by atoms with van der Waals surface area (Å²) in [6.45, 7) is 2.08. The van der Waals surface area contributed by atoms with Gasteiger partial charge in [0.05, 0.1) is 4.47 Å². The minimum atomic E-state index is -0.793. The lowest BCUT2D eigenvalue weighted by Crippen LogP contribution is -2.00. The van der Waals surface area contributed by atoms with E-state index in [-0.39, 0.29) is 5.82 Å². The van der Waals surface area contributed by atoms with Crippen LogP contribution in [0.15, 0.2) is 46.9 Å². The first-order valence-electron chi connectivity index (χ1n) is 5.83. The van der Waals surface area contributed by atoms with Gasteiger partial charge in [0, 0.05) is 0 Å². The Hall–Kier alpha value is -1.19. The number of aryl methyl sites for hydroxylation is 1. The molecule has 1 nitrogen and oxygen atoms in total. The Balaban J connectivity index is 2.28. The Kier molecular flexibility index (Phi) is 4.15. The maximum Gasteiger partial charge on any atom is 0.137 e. The Morgan fingerprint density at radius 2 is 1.72 bits per heavy atom. The molecule has 94 valence electrons. The van der Waals surface area contributed by atoms with E-state index in [1.54, 1.807) is 12.1 Å². The molecule has 0 spiro atoms. The molecule has 0 saturated heterocycles. The third kappa shape index (κ3) is 2.79. The van der Waals surface area contributed by atoms with Crippen LogP contribution in [-0.2, 0) is 6.42 Å². The van der Waals surface area contributed by atoms with E-state index in [2.05, 4.69) is 22.9 Å². The average molecular weight is 309 g/mol. The summed E-state index contributed by atoms with van der Waals surface area (Å²) >= 11 is 3.10. The molecule has 0 bridgehead atoms. The third-order valence-electron chi connectivity index (χ3n) is 2.96. The highest BCUT2D eigenvalue weighted by molar-refractivity contribution is 9.10. The van der Waals surface area contributed by atoms with Gasteiger partial charge in [0.25, 0.3) is 0 Å². The summed E-state index contributed by atoms with van der Waals surface area (Å²) in [4.78, 5) is 0. The molecule has 0 aliphatic rings. The minimum absolute atomic E-state index is 0.364. The van der Waals surface area contributed by atoms with Gasteiger partial charge in [0.1, 0.15) is 11.9 Å². The first-order chi connectivity index (χ1) is 8.61. The van der Waals surface area contributed by atoms with Crippen LogP contribution in [0.4, 0.5) is 4.39 Å². The molecule has 0 aliphatic carbocycles. The number of hydrogen-bond acceptors (Lipinski definition) is 1. The molecule has 0 aromatic heterocycles. The van der Waals surface area contributed by atoms with Gasteiger partial charge in [-0.1, -0.05) is 37.3 Å². The number of halogens is 2. The van der Waals surface area contributed by atoms with Gasteiger partial charge >= 0.3 is 0 Å². The van der Waals surface area contributed by atoms with E-state index in [1.165, 1.54) is 11.6 Å². The standard InChI is InChI=1S/C15H14BrFO/c1-2-10-3-5-11(6-4-10)15(18)12-7-8-13(16)14(17)9-12/h3-9,15,18H,2H2,1H3. The molecule has 2 aromatic carbocycles. The summed E-state index contributed by atoms with van der Waals surface area (Å²) in [5, 5.41) is 10.2. The van der Waals surface area contributed by atoms with Gasteiger partial charge in [-0.25, -0.2) is 4.39 Å². The smallest absolute Gasteiger partial charge is 0.137 e. The molecule has 0 radical (unpaired) electrons. The summed E-state index contributed by atoms with van der Waals surface area (Å²) in [6.07, 6.45) is 0.169. The highest BCUT2D eigenvalue weighted by Gasteiger charge is 2.12. The molecule has 0 heterocycles. The van der Waals surface area contributed by atoms with Crippen LogP contribution in [0.2, 0.25) is 0 Å². The van der Waals surface area contributed by atoms with Gasteiger partial charge in [-0.15, -0.1) is 0 Å². The maximum atomic E-state index is 13.4. The largest absolute Gasteiger partial charge is 0.384 e. The van der Waals surface area contributed by atoms with Crippen molar-refractivity contribution in [2.75, 3.05) is 0 Å². The SMILES string of the molecule is CCc1ccc(C(O)c2ccc(Br)c(F)c2)cc1. The van der Waals surface area contributed by atoms with Crippen molar-refractivity contribution in [2.45, 2.75) is 19.4 Å². The van der Waals surface area contributed by atoms with E-state index < -0.39 is 6.10 Å². The molecule has 0 saturated carbocycles. The van der Waals surface area contributed by atoms with Crippen LogP contribution in [0.25, 0.3) is 0 Å². The lowest BCUT2D eigenvalue weighted by molar-refractivity contribution is 0.219. The Labute approximate surface area is 114 Å². The van der Waals surface area contributed by atoms with Crippen molar-refractivity contribution in [2.24, 2.45) is 0 Å². The summed E-state index contributed by atoms with van der Waals surface area (Å²) in [5.74, 6) is -0.364. The molecule has 18 heavy (non-hydrogen) atoms. The van der Waals surface area contributed by atoms with Crippen molar-refractivity contribution in [1.82, 2.24) is 0 Å². The lowest BCUT2D eigenvalue weighted by Gasteiger charge is -2.12. The zero-order chi connectivity index (χ0) is 13.1. The van der Waals surface area contributed by atoms with E-state index in [1.807, 2.05) is 24.3 Å². The van der Waals surface area contributed by atoms with Crippen LogP contribution in [0.1, 0.15) is 29.7 Å². The Morgan fingerprint density at radius 3 is 2.28 bits per heavy atom. The molecular formula is C15H14BrFO.